The Bertz CT molecular complexity index is 432. The Balaban J connectivity index is 2.70. The van der Waals surface area contributed by atoms with Gasteiger partial charge in [-0.05, 0) is 39.8 Å². The van der Waals surface area contributed by atoms with E-state index in [9.17, 15) is 4.79 Å². The van der Waals surface area contributed by atoms with Crippen LogP contribution in [0.5, 0.6) is 11.5 Å². The summed E-state index contributed by atoms with van der Waals surface area (Å²) in [6.45, 7) is 8.72. The molecule has 0 aromatic heterocycles. The van der Waals surface area contributed by atoms with Crippen molar-refractivity contribution in [3.63, 3.8) is 0 Å². The third-order valence-corrected chi connectivity index (χ3v) is 2.37. The molecule has 20 heavy (non-hydrogen) atoms. The summed E-state index contributed by atoms with van der Waals surface area (Å²) in [6, 6.07) is 5.32. The molecule has 0 bridgehead atoms. The van der Waals surface area contributed by atoms with Gasteiger partial charge in [-0.15, -0.1) is 0 Å². The van der Waals surface area contributed by atoms with Crippen LogP contribution in [0.25, 0.3) is 0 Å². The van der Waals surface area contributed by atoms with Gasteiger partial charge in [0.2, 0.25) is 5.91 Å². The standard InChI is InChI=1S/C15H23NO4/c1-5-18-13-8-7-12(9-14(13)19-6-2)16-15(17)10-20-11(3)4/h7-9,11H,5-6,10H2,1-4H3,(H,16,17). The average Bonchev–Trinajstić information content (AvgIpc) is 2.40. The number of benzene rings is 1. The lowest BCUT2D eigenvalue weighted by molar-refractivity contribution is -0.121. The first-order valence-electron chi connectivity index (χ1n) is 6.87. The van der Waals surface area contributed by atoms with Gasteiger partial charge >= 0.3 is 0 Å². The minimum Gasteiger partial charge on any atom is -0.490 e. The summed E-state index contributed by atoms with van der Waals surface area (Å²) in [4.78, 5) is 11.7. The smallest absolute Gasteiger partial charge is 0.250 e. The van der Waals surface area contributed by atoms with Crippen molar-refractivity contribution in [3.05, 3.63) is 18.2 Å². The quantitative estimate of drug-likeness (QED) is 0.796. The maximum absolute atomic E-state index is 11.7. The highest BCUT2D eigenvalue weighted by Crippen LogP contribution is 2.30. The van der Waals surface area contributed by atoms with Crippen molar-refractivity contribution in [1.82, 2.24) is 0 Å². The van der Waals surface area contributed by atoms with E-state index in [1.807, 2.05) is 27.7 Å². The van der Waals surface area contributed by atoms with E-state index in [1.165, 1.54) is 0 Å². The van der Waals surface area contributed by atoms with Gasteiger partial charge in [-0.2, -0.15) is 0 Å². The zero-order valence-electron chi connectivity index (χ0n) is 12.6. The van der Waals surface area contributed by atoms with Crippen LogP contribution in [0.1, 0.15) is 27.7 Å². The molecule has 0 saturated heterocycles. The molecular weight excluding hydrogens is 258 g/mol. The summed E-state index contributed by atoms with van der Waals surface area (Å²) in [7, 11) is 0. The summed E-state index contributed by atoms with van der Waals surface area (Å²) >= 11 is 0. The maximum Gasteiger partial charge on any atom is 0.250 e. The van der Waals surface area contributed by atoms with Crippen molar-refractivity contribution in [2.45, 2.75) is 33.8 Å². The molecule has 5 nitrogen and oxygen atoms in total. The normalized spacial score (nSPS) is 10.4. The van der Waals surface area contributed by atoms with Crippen molar-refractivity contribution in [2.75, 3.05) is 25.1 Å². The molecule has 1 amide bonds. The Hall–Kier alpha value is -1.75. The van der Waals surface area contributed by atoms with E-state index in [1.54, 1.807) is 18.2 Å². The first-order valence-corrected chi connectivity index (χ1v) is 6.87. The van der Waals surface area contributed by atoms with E-state index in [2.05, 4.69) is 5.32 Å². The number of carbonyl (C=O) groups is 1. The zero-order valence-corrected chi connectivity index (χ0v) is 12.6. The van der Waals surface area contributed by atoms with E-state index in [0.29, 0.717) is 30.4 Å². The Morgan fingerprint density at radius 3 is 2.40 bits per heavy atom. The van der Waals surface area contributed by atoms with Crippen molar-refractivity contribution in [3.8, 4) is 11.5 Å². The number of hydrogen-bond acceptors (Lipinski definition) is 4. The fraction of sp³-hybridized carbons (Fsp3) is 0.533. The van der Waals surface area contributed by atoms with E-state index in [-0.39, 0.29) is 18.6 Å². The lowest BCUT2D eigenvalue weighted by Crippen LogP contribution is -2.20. The van der Waals surface area contributed by atoms with E-state index in [4.69, 9.17) is 14.2 Å². The van der Waals surface area contributed by atoms with Gasteiger partial charge in [-0.25, -0.2) is 0 Å². The third-order valence-electron chi connectivity index (χ3n) is 2.37. The molecule has 0 aliphatic heterocycles. The molecule has 0 atom stereocenters. The first kappa shape index (κ1) is 16.3. The summed E-state index contributed by atoms with van der Waals surface area (Å²) in [5.41, 5.74) is 0.661. The van der Waals surface area contributed by atoms with E-state index >= 15 is 0 Å². The minimum atomic E-state index is -0.190. The van der Waals surface area contributed by atoms with Crippen molar-refractivity contribution >= 4 is 11.6 Å². The number of carbonyl (C=O) groups excluding carboxylic acids is 1. The van der Waals surface area contributed by atoms with Gasteiger partial charge in [-0.3, -0.25) is 4.79 Å². The second kappa shape index (κ2) is 8.43. The van der Waals surface area contributed by atoms with Gasteiger partial charge in [0.05, 0.1) is 19.3 Å². The summed E-state index contributed by atoms with van der Waals surface area (Å²) < 4.78 is 16.2. The molecule has 1 aromatic rings. The number of anilines is 1. The molecule has 5 heteroatoms. The SMILES string of the molecule is CCOc1ccc(NC(=O)COC(C)C)cc1OCC. The van der Waals surface area contributed by atoms with Gasteiger partial charge in [0.25, 0.3) is 0 Å². The molecular formula is C15H23NO4. The predicted octanol–water partition coefficient (Wildman–Crippen LogP) is 2.85. The topological polar surface area (TPSA) is 56.8 Å². The van der Waals surface area contributed by atoms with Crippen molar-refractivity contribution < 1.29 is 19.0 Å². The Morgan fingerprint density at radius 2 is 1.80 bits per heavy atom. The second-order valence-electron chi connectivity index (χ2n) is 4.44. The highest BCUT2D eigenvalue weighted by molar-refractivity contribution is 5.92. The molecule has 0 aliphatic rings. The Labute approximate surface area is 120 Å². The van der Waals surface area contributed by atoms with Crippen LogP contribution in [0.4, 0.5) is 5.69 Å². The van der Waals surface area contributed by atoms with Crippen LogP contribution in [0.2, 0.25) is 0 Å². The molecule has 1 aromatic carbocycles. The number of rotatable bonds is 8. The summed E-state index contributed by atoms with van der Waals surface area (Å²) in [5.74, 6) is 1.10. The van der Waals surface area contributed by atoms with Crippen molar-refractivity contribution in [1.29, 1.82) is 0 Å². The van der Waals surface area contributed by atoms with Gasteiger partial charge in [0, 0.05) is 11.8 Å². The van der Waals surface area contributed by atoms with Crippen LogP contribution in [0.15, 0.2) is 18.2 Å². The highest BCUT2D eigenvalue weighted by atomic mass is 16.5. The van der Waals surface area contributed by atoms with Gasteiger partial charge < -0.3 is 19.5 Å². The average molecular weight is 281 g/mol. The molecule has 0 radical (unpaired) electrons. The van der Waals surface area contributed by atoms with Crippen molar-refractivity contribution in [2.24, 2.45) is 0 Å². The van der Waals surface area contributed by atoms with Gasteiger partial charge in [0.15, 0.2) is 11.5 Å². The monoisotopic (exact) mass is 281 g/mol. The van der Waals surface area contributed by atoms with Crippen LogP contribution in [-0.2, 0) is 9.53 Å². The molecule has 0 fully saturated rings. The van der Waals surface area contributed by atoms with Crippen LogP contribution in [0, 0.1) is 0 Å². The lowest BCUT2D eigenvalue weighted by Gasteiger charge is -2.13. The van der Waals surface area contributed by atoms with Crippen LogP contribution in [0.3, 0.4) is 0 Å². The zero-order chi connectivity index (χ0) is 15.0. The number of ether oxygens (including phenoxy) is 3. The Morgan fingerprint density at radius 1 is 1.15 bits per heavy atom. The molecule has 0 unspecified atom stereocenters. The van der Waals surface area contributed by atoms with Gasteiger partial charge in [0.1, 0.15) is 6.61 Å². The predicted molar refractivity (Wildman–Crippen MR) is 78.5 cm³/mol. The van der Waals surface area contributed by atoms with Gasteiger partial charge in [-0.1, -0.05) is 0 Å². The number of amides is 1. The minimum absolute atomic E-state index is 0.0278. The Kier molecular flexibility index (Phi) is 6.87. The summed E-state index contributed by atoms with van der Waals surface area (Å²) in [6.07, 6.45) is 0.0278. The first-order chi connectivity index (χ1) is 9.56. The third kappa shape index (κ3) is 5.48. The number of hydrogen-bond donors (Lipinski definition) is 1. The van der Waals surface area contributed by atoms with E-state index < -0.39 is 0 Å². The van der Waals surface area contributed by atoms with Crippen LogP contribution >= 0.6 is 0 Å². The molecule has 0 aliphatic carbocycles. The van der Waals surface area contributed by atoms with Crippen LogP contribution in [-0.4, -0.2) is 31.8 Å². The molecule has 1 N–H and O–H groups in total. The number of nitrogens with one attached hydrogen (secondary N) is 1. The molecule has 112 valence electrons. The molecule has 0 heterocycles. The fourth-order valence-corrected chi connectivity index (χ4v) is 1.57. The lowest BCUT2D eigenvalue weighted by atomic mass is 10.2. The largest absolute Gasteiger partial charge is 0.490 e. The maximum atomic E-state index is 11.7. The highest BCUT2D eigenvalue weighted by Gasteiger charge is 2.09. The fourth-order valence-electron chi connectivity index (χ4n) is 1.57. The molecule has 1 rings (SSSR count). The summed E-state index contributed by atoms with van der Waals surface area (Å²) in [5, 5.41) is 2.77. The molecule has 0 spiro atoms. The second-order valence-corrected chi connectivity index (χ2v) is 4.44. The van der Waals surface area contributed by atoms with Crippen LogP contribution < -0.4 is 14.8 Å². The molecule has 0 saturated carbocycles. The van der Waals surface area contributed by atoms with E-state index in [0.717, 1.165) is 0 Å².